The molecule has 0 radical (unpaired) electrons. The number of halogens is 3. The van der Waals surface area contributed by atoms with Crippen LogP contribution in [0.25, 0.3) is 6.08 Å². The van der Waals surface area contributed by atoms with E-state index in [9.17, 15) is 18.3 Å². The van der Waals surface area contributed by atoms with Gasteiger partial charge in [-0.25, -0.2) is 0 Å². The minimum atomic E-state index is -4.79. The monoisotopic (exact) mass is 278 g/mol. The van der Waals surface area contributed by atoms with E-state index in [4.69, 9.17) is 0 Å². The Balaban J connectivity index is 2.42. The van der Waals surface area contributed by atoms with Crippen LogP contribution in [0.4, 0.5) is 13.2 Å². The van der Waals surface area contributed by atoms with Crippen molar-refractivity contribution < 1.29 is 18.3 Å². The smallest absolute Gasteiger partial charge is 0.373 e. The van der Waals surface area contributed by atoms with E-state index in [2.05, 4.69) is 0 Å². The molecule has 0 bridgehead atoms. The minimum Gasteiger partial charge on any atom is -0.373 e. The topological polar surface area (TPSA) is 20.2 Å². The first-order chi connectivity index (χ1) is 9.43. The summed E-state index contributed by atoms with van der Waals surface area (Å²) in [4.78, 5) is 0. The normalized spacial score (nSPS) is 15.2. The zero-order valence-electron chi connectivity index (χ0n) is 10.5. The van der Waals surface area contributed by atoms with Crippen LogP contribution in [0, 0.1) is 0 Å². The number of aliphatic hydroxyl groups is 1. The number of hydrogen-bond donors (Lipinski definition) is 1. The van der Waals surface area contributed by atoms with E-state index >= 15 is 0 Å². The fourth-order valence-corrected chi connectivity index (χ4v) is 1.83. The lowest BCUT2D eigenvalue weighted by molar-refractivity contribution is -0.244. The molecule has 1 N–H and O–H groups in total. The first kappa shape index (κ1) is 14.3. The molecule has 0 amide bonds. The molecular formula is C16H13F3O. The summed E-state index contributed by atoms with van der Waals surface area (Å²) in [5.74, 6) is 0. The number of benzene rings is 2. The summed E-state index contributed by atoms with van der Waals surface area (Å²) in [5, 5.41) is 10.1. The Morgan fingerprint density at radius 2 is 1.30 bits per heavy atom. The standard InChI is InChI=1S/C16H13F3O/c17-16(18,19)15(20,14-9-5-2-6-10-14)12-11-13-7-3-1-4-8-13/h1-12,20H/b12-11+. The molecule has 20 heavy (non-hydrogen) atoms. The molecule has 0 saturated carbocycles. The van der Waals surface area contributed by atoms with Crippen molar-refractivity contribution in [2.75, 3.05) is 0 Å². The highest BCUT2D eigenvalue weighted by Crippen LogP contribution is 2.40. The Hall–Kier alpha value is -2.07. The molecule has 0 aliphatic carbocycles. The number of alkyl halides is 3. The minimum absolute atomic E-state index is 0.209. The molecule has 2 rings (SSSR count). The van der Waals surface area contributed by atoms with Crippen molar-refractivity contribution in [3.63, 3.8) is 0 Å². The van der Waals surface area contributed by atoms with Crippen LogP contribution in [0.3, 0.4) is 0 Å². The van der Waals surface area contributed by atoms with Crippen molar-refractivity contribution in [2.24, 2.45) is 0 Å². The molecule has 0 aromatic heterocycles. The molecule has 1 unspecified atom stereocenters. The fourth-order valence-electron chi connectivity index (χ4n) is 1.83. The SMILES string of the molecule is OC(/C=C/c1ccccc1)(c1ccccc1)C(F)(F)F. The van der Waals surface area contributed by atoms with Gasteiger partial charge in [-0.05, 0) is 17.2 Å². The van der Waals surface area contributed by atoms with Crippen molar-refractivity contribution in [3.05, 3.63) is 77.9 Å². The second-order valence-electron chi connectivity index (χ2n) is 4.37. The van der Waals surface area contributed by atoms with Crippen LogP contribution in [0.5, 0.6) is 0 Å². The first-order valence-corrected chi connectivity index (χ1v) is 6.02. The Morgan fingerprint density at radius 3 is 1.80 bits per heavy atom. The molecule has 1 nitrogen and oxygen atoms in total. The maximum atomic E-state index is 13.2. The molecule has 0 aliphatic heterocycles. The Bertz CT molecular complexity index is 576. The summed E-state index contributed by atoms with van der Waals surface area (Å²) < 4.78 is 39.6. The molecule has 0 heterocycles. The largest absolute Gasteiger partial charge is 0.425 e. The van der Waals surface area contributed by atoms with Gasteiger partial charge in [0.1, 0.15) is 0 Å². The average Bonchev–Trinajstić information content (AvgIpc) is 2.45. The fraction of sp³-hybridized carbons (Fsp3) is 0.125. The Morgan fingerprint density at radius 1 is 0.800 bits per heavy atom. The van der Waals surface area contributed by atoms with Crippen molar-refractivity contribution in [1.82, 2.24) is 0 Å². The van der Waals surface area contributed by atoms with Crippen LogP contribution in [-0.2, 0) is 5.60 Å². The van der Waals surface area contributed by atoms with Crippen LogP contribution < -0.4 is 0 Å². The van der Waals surface area contributed by atoms with E-state index in [1.165, 1.54) is 30.3 Å². The Labute approximate surface area is 115 Å². The third-order valence-electron chi connectivity index (χ3n) is 2.96. The molecule has 1 atom stereocenters. The van der Waals surface area contributed by atoms with E-state index in [0.717, 1.165) is 6.08 Å². The van der Waals surface area contributed by atoms with Gasteiger partial charge in [-0.3, -0.25) is 0 Å². The third kappa shape index (κ3) is 2.91. The molecule has 0 saturated heterocycles. The molecule has 0 aliphatic rings. The van der Waals surface area contributed by atoms with Crippen LogP contribution in [0.15, 0.2) is 66.7 Å². The number of rotatable bonds is 3. The van der Waals surface area contributed by atoms with Gasteiger partial charge in [0, 0.05) is 0 Å². The highest BCUT2D eigenvalue weighted by molar-refractivity contribution is 5.52. The second-order valence-corrected chi connectivity index (χ2v) is 4.37. The quantitative estimate of drug-likeness (QED) is 0.894. The molecule has 104 valence electrons. The van der Waals surface area contributed by atoms with E-state index in [-0.39, 0.29) is 5.56 Å². The summed E-state index contributed by atoms with van der Waals surface area (Å²) in [6.45, 7) is 0. The maximum absolute atomic E-state index is 13.2. The molecule has 2 aromatic rings. The van der Waals surface area contributed by atoms with Gasteiger partial charge in [-0.2, -0.15) is 13.2 Å². The van der Waals surface area contributed by atoms with Gasteiger partial charge >= 0.3 is 6.18 Å². The molecular weight excluding hydrogens is 265 g/mol. The van der Waals surface area contributed by atoms with E-state index < -0.39 is 11.8 Å². The molecule has 2 aromatic carbocycles. The molecule has 0 spiro atoms. The predicted octanol–water partition coefficient (Wildman–Crippen LogP) is 4.15. The van der Waals surface area contributed by atoms with Crippen LogP contribution in [0.2, 0.25) is 0 Å². The van der Waals surface area contributed by atoms with Gasteiger partial charge in [-0.1, -0.05) is 66.7 Å². The lowest BCUT2D eigenvalue weighted by Gasteiger charge is -2.27. The zero-order chi connectivity index (χ0) is 14.6. The first-order valence-electron chi connectivity index (χ1n) is 6.02. The van der Waals surface area contributed by atoms with Crippen molar-refractivity contribution in [2.45, 2.75) is 11.8 Å². The molecule has 4 heteroatoms. The second kappa shape index (κ2) is 5.51. The summed E-state index contributed by atoms with van der Waals surface area (Å²) in [5.41, 5.74) is -2.62. The van der Waals surface area contributed by atoms with Crippen molar-refractivity contribution in [1.29, 1.82) is 0 Å². The highest BCUT2D eigenvalue weighted by Gasteiger charge is 2.53. The number of hydrogen-bond acceptors (Lipinski definition) is 1. The summed E-state index contributed by atoms with van der Waals surface area (Å²) in [6.07, 6.45) is -2.75. The summed E-state index contributed by atoms with van der Waals surface area (Å²) >= 11 is 0. The van der Waals surface area contributed by atoms with Crippen LogP contribution in [0.1, 0.15) is 11.1 Å². The summed E-state index contributed by atoms with van der Waals surface area (Å²) in [6, 6.07) is 15.6. The highest BCUT2D eigenvalue weighted by atomic mass is 19.4. The van der Waals surface area contributed by atoms with Gasteiger partial charge in [0.2, 0.25) is 5.60 Å². The Kier molecular flexibility index (Phi) is 3.95. The maximum Gasteiger partial charge on any atom is 0.425 e. The van der Waals surface area contributed by atoms with Gasteiger partial charge < -0.3 is 5.11 Å². The average molecular weight is 278 g/mol. The predicted molar refractivity (Wildman–Crippen MR) is 71.9 cm³/mol. The third-order valence-corrected chi connectivity index (χ3v) is 2.96. The van der Waals surface area contributed by atoms with E-state index in [1.807, 2.05) is 0 Å². The van der Waals surface area contributed by atoms with Gasteiger partial charge in [0.25, 0.3) is 0 Å². The lowest BCUT2D eigenvalue weighted by Crippen LogP contribution is -2.40. The zero-order valence-corrected chi connectivity index (χ0v) is 10.5. The van der Waals surface area contributed by atoms with Crippen LogP contribution in [-0.4, -0.2) is 11.3 Å². The van der Waals surface area contributed by atoms with E-state index in [1.54, 1.807) is 36.4 Å². The van der Waals surface area contributed by atoms with Gasteiger partial charge in [0.05, 0.1) is 0 Å². The lowest BCUT2D eigenvalue weighted by atomic mass is 9.92. The summed E-state index contributed by atoms with van der Waals surface area (Å²) in [7, 11) is 0. The van der Waals surface area contributed by atoms with Gasteiger partial charge in [0.15, 0.2) is 0 Å². The van der Waals surface area contributed by atoms with E-state index in [0.29, 0.717) is 5.56 Å². The molecule has 0 fully saturated rings. The van der Waals surface area contributed by atoms with Crippen molar-refractivity contribution >= 4 is 6.08 Å². The van der Waals surface area contributed by atoms with Crippen molar-refractivity contribution in [3.8, 4) is 0 Å². The van der Waals surface area contributed by atoms with Gasteiger partial charge in [-0.15, -0.1) is 0 Å². The van der Waals surface area contributed by atoms with Crippen LogP contribution >= 0.6 is 0 Å².